The fourth-order valence-corrected chi connectivity index (χ4v) is 1.46. The number of hydrogen-bond acceptors (Lipinski definition) is 3. The van der Waals surface area contributed by atoms with E-state index >= 15 is 0 Å². The normalized spacial score (nSPS) is 12.3. The van der Waals surface area contributed by atoms with E-state index in [2.05, 4.69) is 22.1 Å². The van der Waals surface area contributed by atoms with Crippen LogP contribution in [0.2, 0.25) is 0 Å². The van der Waals surface area contributed by atoms with Crippen LogP contribution in [0.3, 0.4) is 0 Å². The quantitative estimate of drug-likeness (QED) is 0.818. The number of benzene rings is 1. The molecule has 15 heavy (non-hydrogen) atoms. The highest BCUT2D eigenvalue weighted by Crippen LogP contribution is 2.11. The fourth-order valence-electron chi connectivity index (χ4n) is 1.46. The van der Waals surface area contributed by atoms with Crippen LogP contribution >= 0.6 is 0 Å². The molecule has 3 nitrogen and oxygen atoms in total. The van der Waals surface area contributed by atoms with Gasteiger partial charge in [-0.05, 0) is 18.1 Å². The molecule has 0 bridgehead atoms. The van der Waals surface area contributed by atoms with Crippen molar-refractivity contribution in [1.29, 1.82) is 0 Å². The standard InChI is InChI=1S/C12H13N3/c13-11(12-14-7-4-8-15-12)9-10-5-2-1-3-6-10/h1-8,11H,9,13H2/t11-/m1/s1. The Bertz CT molecular complexity index is 400. The highest BCUT2D eigenvalue weighted by Gasteiger charge is 2.08. The summed E-state index contributed by atoms with van der Waals surface area (Å²) in [5.41, 5.74) is 7.21. The summed E-state index contributed by atoms with van der Waals surface area (Å²) in [5.74, 6) is 0.696. The Kier molecular flexibility index (Phi) is 3.05. The number of nitrogens with zero attached hydrogens (tertiary/aromatic N) is 2. The van der Waals surface area contributed by atoms with Crippen molar-refractivity contribution in [2.45, 2.75) is 12.5 Å². The summed E-state index contributed by atoms with van der Waals surface area (Å²) in [6.45, 7) is 0. The van der Waals surface area contributed by atoms with Gasteiger partial charge in [-0.1, -0.05) is 30.3 Å². The van der Waals surface area contributed by atoms with Crippen molar-refractivity contribution in [3.8, 4) is 0 Å². The fraction of sp³-hybridized carbons (Fsp3) is 0.167. The van der Waals surface area contributed by atoms with E-state index < -0.39 is 0 Å². The summed E-state index contributed by atoms with van der Waals surface area (Å²) < 4.78 is 0. The predicted molar refractivity (Wildman–Crippen MR) is 59.1 cm³/mol. The van der Waals surface area contributed by atoms with Crippen LogP contribution in [-0.2, 0) is 6.42 Å². The Morgan fingerprint density at radius 1 is 1.00 bits per heavy atom. The molecule has 2 aromatic rings. The molecule has 0 aliphatic rings. The molecule has 2 rings (SSSR count). The Morgan fingerprint density at radius 3 is 2.33 bits per heavy atom. The number of rotatable bonds is 3. The zero-order valence-corrected chi connectivity index (χ0v) is 8.38. The van der Waals surface area contributed by atoms with E-state index in [9.17, 15) is 0 Å². The minimum Gasteiger partial charge on any atom is -0.321 e. The summed E-state index contributed by atoms with van der Waals surface area (Å²) in [4.78, 5) is 8.28. The van der Waals surface area contributed by atoms with Gasteiger partial charge in [0.2, 0.25) is 0 Å². The van der Waals surface area contributed by atoms with E-state index in [4.69, 9.17) is 5.73 Å². The second-order valence-electron chi connectivity index (χ2n) is 3.40. The lowest BCUT2D eigenvalue weighted by Crippen LogP contribution is -2.16. The van der Waals surface area contributed by atoms with Crippen molar-refractivity contribution < 1.29 is 0 Å². The first-order valence-electron chi connectivity index (χ1n) is 4.92. The molecule has 0 aliphatic carbocycles. The summed E-state index contributed by atoms with van der Waals surface area (Å²) in [5, 5.41) is 0. The molecule has 0 aliphatic heterocycles. The van der Waals surface area contributed by atoms with Gasteiger partial charge in [0.25, 0.3) is 0 Å². The molecular weight excluding hydrogens is 186 g/mol. The molecule has 0 fully saturated rings. The van der Waals surface area contributed by atoms with E-state index in [1.54, 1.807) is 18.5 Å². The van der Waals surface area contributed by atoms with Gasteiger partial charge in [0.15, 0.2) is 0 Å². The van der Waals surface area contributed by atoms with E-state index in [0.29, 0.717) is 5.82 Å². The van der Waals surface area contributed by atoms with Crippen molar-refractivity contribution in [3.63, 3.8) is 0 Å². The first-order chi connectivity index (χ1) is 7.36. The van der Waals surface area contributed by atoms with Crippen LogP contribution in [0.4, 0.5) is 0 Å². The maximum absolute atomic E-state index is 6.00. The van der Waals surface area contributed by atoms with Crippen LogP contribution in [0.5, 0.6) is 0 Å². The van der Waals surface area contributed by atoms with Crippen LogP contribution in [0.1, 0.15) is 17.4 Å². The Hall–Kier alpha value is -1.74. The lowest BCUT2D eigenvalue weighted by molar-refractivity contribution is 0.667. The van der Waals surface area contributed by atoms with Gasteiger partial charge in [-0.25, -0.2) is 9.97 Å². The Balaban J connectivity index is 2.08. The van der Waals surface area contributed by atoms with E-state index in [1.807, 2.05) is 18.2 Å². The average Bonchev–Trinajstić information content (AvgIpc) is 2.31. The second-order valence-corrected chi connectivity index (χ2v) is 3.40. The van der Waals surface area contributed by atoms with E-state index in [-0.39, 0.29) is 6.04 Å². The van der Waals surface area contributed by atoms with Crippen LogP contribution in [-0.4, -0.2) is 9.97 Å². The third-order valence-electron chi connectivity index (χ3n) is 2.22. The van der Waals surface area contributed by atoms with E-state index in [1.165, 1.54) is 5.56 Å². The molecule has 1 aromatic carbocycles. The maximum Gasteiger partial charge on any atom is 0.145 e. The molecule has 2 N–H and O–H groups in total. The molecule has 0 spiro atoms. The zero-order chi connectivity index (χ0) is 10.5. The Morgan fingerprint density at radius 2 is 1.67 bits per heavy atom. The van der Waals surface area contributed by atoms with E-state index in [0.717, 1.165) is 6.42 Å². The molecule has 1 heterocycles. The SMILES string of the molecule is N[C@H](Cc1ccccc1)c1ncccn1. The topological polar surface area (TPSA) is 51.8 Å². The van der Waals surface area contributed by atoms with Crippen molar-refractivity contribution in [3.05, 3.63) is 60.2 Å². The lowest BCUT2D eigenvalue weighted by atomic mass is 10.1. The largest absolute Gasteiger partial charge is 0.321 e. The average molecular weight is 199 g/mol. The summed E-state index contributed by atoms with van der Waals surface area (Å²) in [6, 6.07) is 11.8. The first-order valence-corrected chi connectivity index (χ1v) is 4.92. The number of aromatic nitrogens is 2. The predicted octanol–water partition coefficient (Wildman–Crippen LogP) is 1.72. The molecule has 3 heteroatoms. The van der Waals surface area contributed by atoms with Crippen molar-refractivity contribution >= 4 is 0 Å². The summed E-state index contributed by atoms with van der Waals surface area (Å²) in [7, 11) is 0. The molecule has 1 aromatic heterocycles. The molecule has 76 valence electrons. The summed E-state index contributed by atoms with van der Waals surface area (Å²) in [6.07, 6.45) is 4.20. The number of nitrogens with two attached hydrogens (primary N) is 1. The smallest absolute Gasteiger partial charge is 0.145 e. The molecule has 0 saturated heterocycles. The zero-order valence-electron chi connectivity index (χ0n) is 8.38. The number of hydrogen-bond donors (Lipinski definition) is 1. The molecule has 0 saturated carbocycles. The molecule has 0 amide bonds. The Labute approximate surface area is 89.0 Å². The minimum atomic E-state index is -0.131. The molecular formula is C12H13N3. The first kappa shape index (κ1) is 9.80. The van der Waals surface area contributed by atoms with Crippen molar-refractivity contribution in [1.82, 2.24) is 9.97 Å². The molecule has 1 atom stereocenters. The summed E-state index contributed by atoms with van der Waals surface area (Å²) >= 11 is 0. The van der Waals surface area contributed by atoms with Crippen LogP contribution < -0.4 is 5.73 Å². The van der Waals surface area contributed by atoms with Gasteiger partial charge >= 0.3 is 0 Å². The monoisotopic (exact) mass is 199 g/mol. The van der Waals surface area contributed by atoms with Gasteiger partial charge < -0.3 is 5.73 Å². The second kappa shape index (κ2) is 4.66. The maximum atomic E-state index is 6.00. The molecule has 0 unspecified atom stereocenters. The van der Waals surface area contributed by atoms with Gasteiger partial charge in [0.1, 0.15) is 5.82 Å². The van der Waals surface area contributed by atoms with Crippen molar-refractivity contribution in [2.24, 2.45) is 5.73 Å². The van der Waals surface area contributed by atoms with Gasteiger partial charge in [-0.15, -0.1) is 0 Å². The van der Waals surface area contributed by atoms with Crippen LogP contribution in [0.25, 0.3) is 0 Å². The third kappa shape index (κ3) is 2.60. The highest BCUT2D eigenvalue weighted by atomic mass is 14.9. The highest BCUT2D eigenvalue weighted by molar-refractivity contribution is 5.17. The molecule has 0 radical (unpaired) electrons. The third-order valence-corrected chi connectivity index (χ3v) is 2.22. The minimum absolute atomic E-state index is 0.131. The van der Waals surface area contributed by atoms with Crippen LogP contribution in [0, 0.1) is 0 Å². The van der Waals surface area contributed by atoms with Gasteiger partial charge in [0, 0.05) is 12.4 Å². The van der Waals surface area contributed by atoms with Gasteiger partial charge in [-0.2, -0.15) is 0 Å². The van der Waals surface area contributed by atoms with Crippen LogP contribution in [0.15, 0.2) is 48.8 Å². The lowest BCUT2D eigenvalue weighted by Gasteiger charge is -2.09. The van der Waals surface area contributed by atoms with Crippen molar-refractivity contribution in [2.75, 3.05) is 0 Å². The van der Waals surface area contributed by atoms with Gasteiger partial charge in [0.05, 0.1) is 6.04 Å². The van der Waals surface area contributed by atoms with Gasteiger partial charge in [-0.3, -0.25) is 0 Å².